The van der Waals surface area contributed by atoms with Crippen LogP contribution in [0, 0.1) is 0 Å². The average Bonchev–Trinajstić information content (AvgIpc) is 2.13. The van der Waals surface area contributed by atoms with E-state index >= 15 is 0 Å². The van der Waals surface area contributed by atoms with Gasteiger partial charge in [-0.2, -0.15) is 0 Å². The van der Waals surface area contributed by atoms with Gasteiger partial charge < -0.3 is 5.32 Å². The number of pyridine rings is 1. The predicted molar refractivity (Wildman–Crippen MR) is 65.6 cm³/mol. The van der Waals surface area contributed by atoms with Crippen molar-refractivity contribution in [2.75, 3.05) is 24.7 Å². The van der Waals surface area contributed by atoms with E-state index in [1.165, 1.54) is 6.20 Å². The number of hydrogen-bond donors (Lipinski definition) is 2. The molecule has 0 amide bonds. The SMILES string of the molecule is CS(=O)(=O)NCCNc1ncc(Cl)cc1Cl. The van der Waals surface area contributed by atoms with Gasteiger partial charge in [0.2, 0.25) is 10.0 Å². The molecule has 8 heteroatoms. The van der Waals surface area contributed by atoms with Crippen LogP contribution in [0.3, 0.4) is 0 Å². The monoisotopic (exact) mass is 283 g/mol. The fourth-order valence-electron chi connectivity index (χ4n) is 0.962. The van der Waals surface area contributed by atoms with Gasteiger partial charge in [0.05, 0.1) is 16.3 Å². The molecule has 0 fully saturated rings. The summed E-state index contributed by atoms with van der Waals surface area (Å²) < 4.78 is 23.8. The summed E-state index contributed by atoms with van der Waals surface area (Å²) in [4.78, 5) is 3.96. The predicted octanol–water partition coefficient (Wildman–Crippen LogP) is 1.35. The third kappa shape index (κ3) is 4.98. The average molecular weight is 284 g/mol. The van der Waals surface area contributed by atoms with Gasteiger partial charge >= 0.3 is 0 Å². The number of sulfonamides is 1. The third-order valence-corrected chi connectivity index (χ3v) is 2.81. The molecule has 1 aromatic heterocycles. The maximum Gasteiger partial charge on any atom is 0.208 e. The maximum absolute atomic E-state index is 10.8. The Labute approximate surface area is 104 Å². The molecule has 0 aromatic carbocycles. The van der Waals surface area contributed by atoms with Crippen LogP contribution >= 0.6 is 23.2 Å². The van der Waals surface area contributed by atoms with Crippen LogP contribution in [0.5, 0.6) is 0 Å². The largest absolute Gasteiger partial charge is 0.368 e. The van der Waals surface area contributed by atoms with Gasteiger partial charge in [-0.1, -0.05) is 23.2 Å². The van der Waals surface area contributed by atoms with Crippen molar-refractivity contribution in [2.45, 2.75) is 0 Å². The number of halogens is 2. The molecular weight excluding hydrogens is 273 g/mol. The number of rotatable bonds is 5. The Hall–Kier alpha value is -0.560. The molecule has 2 N–H and O–H groups in total. The van der Waals surface area contributed by atoms with Gasteiger partial charge in [-0.15, -0.1) is 0 Å². The van der Waals surface area contributed by atoms with Crippen molar-refractivity contribution in [3.63, 3.8) is 0 Å². The zero-order valence-electron chi connectivity index (χ0n) is 8.50. The molecule has 0 saturated heterocycles. The Kier molecular flexibility index (Phi) is 4.79. The van der Waals surface area contributed by atoms with Crippen molar-refractivity contribution in [1.29, 1.82) is 0 Å². The van der Waals surface area contributed by atoms with Gasteiger partial charge in [-0.3, -0.25) is 0 Å². The lowest BCUT2D eigenvalue weighted by atomic mass is 10.4. The Morgan fingerprint density at radius 2 is 2.06 bits per heavy atom. The summed E-state index contributed by atoms with van der Waals surface area (Å²) in [7, 11) is -3.16. The lowest BCUT2D eigenvalue weighted by Crippen LogP contribution is -2.27. The van der Waals surface area contributed by atoms with E-state index in [0.29, 0.717) is 22.4 Å². The Morgan fingerprint density at radius 1 is 1.38 bits per heavy atom. The molecule has 0 radical (unpaired) electrons. The summed E-state index contributed by atoms with van der Waals surface area (Å²) in [6.07, 6.45) is 2.56. The van der Waals surface area contributed by atoms with Gasteiger partial charge in [0.15, 0.2) is 0 Å². The zero-order chi connectivity index (χ0) is 12.2. The minimum Gasteiger partial charge on any atom is -0.368 e. The van der Waals surface area contributed by atoms with Gasteiger partial charge in [-0.25, -0.2) is 18.1 Å². The second-order valence-electron chi connectivity index (χ2n) is 3.08. The Bertz CT molecular complexity index is 464. The van der Waals surface area contributed by atoms with Crippen LogP contribution in [0.2, 0.25) is 10.0 Å². The van der Waals surface area contributed by atoms with Crippen LogP contribution in [0.15, 0.2) is 12.3 Å². The van der Waals surface area contributed by atoms with Gasteiger partial charge in [0, 0.05) is 19.3 Å². The highest BCUT2D eigenvalue weighted by molar-refractivity contribution is 7.88. The van der Waals surface area contributed by atoms with Crippen molar-refractivity contribution in [2.24, 2.45) is 0 Å². The molecule has 0 spiro atoms. The minimum atomic E-state index is -3.16. The molecule has 0 aliphatic heterocycles. The zero-order valence-corrected chi connectivity index (χ0v) is 10.8. The van der Waals surface area contributed by atoms with E-state index in [9.17, 15) is 8.42 Å². The Morgan fingerprint density at radius 3 is 2.62 bits per heavy atom. The molecule has 1 heterocycles. The minimum absolute atomic E-state index is 0.263. The van der Waals surface area contributed by atoms with Crippen molar-refractivity contribution < 1.29 is 8.42 Å². The van der Waals surface area contributed by atoms with Gasteiger partial charge in [0.25, 0.3) is 0 Å². The van der Waals surface area contributed by atoms with E-state index in [1.54, 1.807) is 6.07 Å². The van der Waals surface area contributed by atoms with Gasteiger partial charge in [0.1, 0.15) is 5.82 Å². The number of hydrogen-bond acceptors (Lipinski definition) is 4. The van der Waals surface area contributed by atoms with E-state index in [4.69, 9.17) is 23.2 Å². The first-order valence-corrected chi connectivity index (χ1v) is 7.03. The molecule has 90 valence electrons. The second kappa shape index (κ2) is 5.67. The fraction of sp³-hybridized carbons (Fsp3) is 0.375. The molecule has 5 nitrogen and oxygen atoms in total. The quantitative estimate of drug-likeness (QED) is 0.801. The summed E-state index contributed by atoms with van der Waals surface area (Å²) >= 11 is 11.5. The smallest absolute Gasteiger partial charge is 0.208 e. The molecular formula is C8H11Cl2N3O2S. The highest BCUT2D eigenvalue weighted by atomic mass is 35.5. The van der Waals surface area contributed by atoms with Crippen LogP contribution in [-0.2, 0) is 10.0 Å². The number of anilines is 1. The first-order valence-electron chi connectivity index (χ1n) is 4.38. The van der Waals surface area contributed by atoms with Crippen LogP contribution in [-0.4, -0.2) is 32.7 Å². The molecule has 0 aliphatic carbocycles. The summed E-state index contributed by atoms with van der Waals surface area (Å²) in [5, 5.41) is 3.73. The van der Waals surface area contributed by atoms with Crippen molar-refractivity contribution in [1.82, 2.24) is 9.71 Å². The molecule has 1 aromatic rings. The summed E-state index contributed by atoms with van der Waals surface area (Å²) in [6.45, 7) is 0.654. The van der Waals surface area contributed by atoms with Crippen LogP contribution in [0.25, 0.3) is 0 Å². The molecule has 0 atom stereocenters. The number of aromatic nitrogens is 1. The molecule has 16 heavy (non-hydrogen) atoms. The van der Waals surface area contributed by atoms with Crippen molar-refractivity contribution >= 4 is 39.0 Å². The lowest BCUT2D eigenvalue weighted by molar-refractivity contribution is 0.589. The van der Waals surface area contributed by atoms with Crippen LogP contribution in [0.1, 0.15) is 0 Å². The van der Waals surface area contributed by atoms with Crippen molar-refractivity contribution in [3.05, 3.63) is 22.3 Å². The topological polar surface area (TPSA) is 71.1 Å². The summed E-state index contributed by atoms with van der Waals surface area (Å²) in [5.41, 5.74) is 0. The standard InChI is InChI=1S/C8H11Cl2N3O2S/c1-16(14,15)13-3-2-11-8-7(10)4-6(9)5-12-8/h4-5,13H,2-3H2,1H3,(H,11,12). The summed E-state index contributed by atoms with van der Waals surface area (Å²) in [6, 6.07) is 1.56. The molecule has 0 unspecified atom stereocenters. The van der Waals surface area contributed by atoms with E-state index in [0.717, 1.165) is 6.26 Å². The maximum atomic E-state index is 10.8. The van der Waals surface area contributed by atoms with Crippen molar-refractivity contribution in [3.8, 4) is 0 Å². The first kappa shape index (κ1) is 13.5. The van der Waals surface area contributed by atoms with E-state index < -0.39 is 10.0 Å². The fourth-order valence-corrected chi connectivity index (χ4v) is 1.88. The highest BCUT2D eigenvalue weighted by Gasteiger charge is 2.03. The van der Waals surface area contributed by atoms with Crippen LogP contribution < -0.4 is 10.0 Å². The number of nitrogens with one attached hydrogen (secondary N) is 2. The normalized spacial score (nSPS) is 11.4. The summed E-state index contributed by atoms with van der Waals surface area (Å²) in [5.74, 6) is 0.473. The van der Waals surface area contributed by atoms with Crippen LogP contribution in [0.4, 0.5) is 5.82 Å². The first-order chi connectivity index (χ1) is 7.38. The lowest BCUT2D eigenvalue weighted by Gasteiger charge is -2.07. The number of nitrogens with zero attached hydrogens (tertiary/aromatic N) is 1. The van der Waals surface area contributed by atoms with Gasteiger partial charge in [-0.05, 0) is 6.07 Å². The third-order valence-electron chi connectivity index (χ3n) is 1.59. The molecule has 0 aliphatic rings. The highest BCUT2D eigenvalue weighted by Crippen LogP contribution is 2.21. The van der Waals surface area contributed by atoms with E-state index in [-0.39, 0.29) is 6.54 Å². The molecule has 0 bridgehead atoms. The Balaban J connectivity index is 2.43. The molecule has 1 rings (SSSR count). The van der Waals surface area contributed by atoms with E-state index in [1.807, 2.05) is 0 Å². The second-order valence-corrected chi connectivity index (χ2v) is 5.75. The van der Waals surface area contributed by atoms with E-state index in [2.05, 4.69) is 15.0 Å². The molecule has 0 saturated carbocycles.